The quantitative estimate of drug-likeness (QED) is 0.850. The predicted octanol–water partition coefficient (Wildman–Crippen LogP) is 3.38. The number of nitrogens with zero attached hydrogens (tertiary/aromatic N) is 1. The Hall–Kier alpha value is -0.420. The molecule has 1 aromatic heterocycles. The molecule has 0 aromatic carbocycles. The molecule has 3 nitrogen and oxygen atoms in total. The van der Waals surface area contributed by atoms with E-state index in [4.69, 9.17) is 9.47 Å². The van der Waals surface area contributed by atoms with Crippen LogP contribution in [0.5, 0.6) is 0 Å². The van der Waals surface area contributed by atoms with Crippen LogP contribution in [0, 0.1) is 0 Å². The summed E-state index contributed by atoms with van der Waals surface area (Å²) in [5, 5.41) is 2.21. The number of thiophene rings is 1. The van der Waals surface area contributed by atoms with E-state index in [1.54, 1.807) is 7.11 Å². The molecule has 1 unspecified atom stereocenters. The summed E-state index contributed by atoms with van der Waals surface area (Å²) in [5.41, 5.74) is 1.35. The van der Waals surface area contributed by atoms with Gasteiger partial charge in [-0.25, -0.2) is 0 Å². The number of fused-ring (bicyclic) bond motifs is 2. The lowest BCUT2D eigenvalue weighted by molar-refractivity contribution is -0.226. The molecular formula is C16H25NO2S. The molecule has 1 spiro atoms. The van der Waals surface area contributed by atoms with E-state index in [-0.39, 0.29) is 11.9 Å². The lowest BCUT2D eigenvalue weighted by Gasteiger charge is -2.46. The molecular weight excluding hydrogens is 270 g/mol. The topological polar surface area (TPSA) is 21.7 Å². The Morgan fingerprint density at radius 1 is 1.45 bits per heavy atom. The summed E-state index contributed by atoms with van der Waals surface area (Å²) in [5.74, 6) is 0. The third-order valence-corrected chi connectivity index (χ3v) is 5.64. The van der Waals surface area contributed by atoms with Gasteiger partial charge >= 0.3 is 0 Å². The highest BCUT2D eigenvalue weighted by atomic mass is 32.1. The van der Waals surface area contributed by atoms with Crippen LogP contribution in [0.2, 0.25) is 0 Å². The van der Waals surface area contributed by atoms with Crippen LogP contribution in [0.25, 0.3) is 0 Å². The zero-order chi connectivity index (χ0) is 14.0. The van der Waals surface area contributed by atoms with Gasteiger partial charge in [-0.1, -0.05) is 13.3 Å². The second-order valence-corrected chi connectivity index (χ2v) is 6.93. The van der Waals surface area contributed by atoms with E-state index in [9.17, 15) is 0 Å². The summed E-state index contributed by atoms with van der Waals surface area (Å²) < 4.78 is 11.9. The van der Waals surface area contributed by atoms with Gasteiger partial charge in [-0.05, 0) is 42.8 Å². The molecule has 0 bridgehead atoms. The number of likely N-dealkylation sites (tertiary alicyclic amines) is 1. The van der Waals surface area contributed by atoms with E-state index >= 15 is 0 Å². The minimum atomic E-state index is -0.0863. The van der Waals surface area contributed by atoms with Gasteiger partial charge in [0, 0.05) is 31.5 Å². The van der Waals surface area contributed by atoms with Crippen LogP contribution in [0.15, 0.2) is 11.4 Å². The van der Waals surface area contributed by atoms with Gasteiger partial charge in [0.15, 0.2) is 6.29 Å². The summed E-state index contributed by atoms with van der Waals surface area (Å²) in [6, 6.07) is 2.27. The minimum absolute atomic E-state index is 0.0664. The summed E-state index contributed by atoms with van der Waals surface area (Å²) in [7, 11) is 1.76. The first kappa shape index (κ1) is 14.5. The van der Waals surface area contributed by atoms with Gasteiger partial charge in [-0.3, -0.25) is 0 Å². The van der Waals surface area contributed by atoms with Crippen molar-refractivity contribution in [1.29, 1.82) is 0 Å². The first-order chi connectivity index (χ1) is 9.77. The molecule has 2 aliphatic rings. The highest BCUT2D eigenvalue weighted by Crippen LogP contribution is 2.45. The Balaban J connectivity index is 1.73. The number of ether oxygens (including phenoxy) is 2. The minimum Gasteiger partial charge on any atom is -0.355 e. The smallest absolute Gasteiger partial charge is 0.163 e. The van der Waals surface area contributed by atoms with Crippen molar-refractivity contribution in [2.45, 2.75) is 50.9 Å². The van der Waals surface area contributed by atoms with Gasteiger partial charge in [0.2, 0.25) is 0 Å². The largest absolute Gasteiger partial charge is 0.355 e. The predicted molar refractivity (Wildman–Crippen MR) is 82.2 cm³/mol. The highest BCUT2D eigenvalue weighted by Gasteiger charge is 2.44. The fourth-order valence-corrected chi connectivity index (χ4v) is 4.43. The van der Waals surface area contributed by atoms with Gasteiger partial charge in [0.25, 0.3) is 0 Å². The lowest BCUT2D eigenvalue weighted by atomic mass is 9.82. The van der Waals surface area contributed by atoms with Gasteiger partial charge < -0.3 is 14.4 Å². The number of hydrogen-bond donors (Lipinski definition) is 0. The van der Waals surface area contributed by atoms with Crippen LogP contribution in [-0.2, 0) is 21.5 Å². The molecule has 0 saturated carbocycles. The first-order valence-electron chi connectivity index (χ1n) is 7.77. The summed E-state index contributed by atoms with van der Waals surface area (Å²) in [4.78, 5) is 4.05. The number of methoxy groups -OCH3 is 1. The molecule has 3 heterocycles. The molecule has 1 fully saturated rings. The van der Waals surface area contributed by atoms with E-state index in [1.165, 1.54) is 29.8 Å². The van der Waals surface area contributed by atoms with Crippen molar-refractivity contribution in [3.8, 4) is 0 Å². The van der Waals surface area contributed by atoms with Crippen molar-refractivity contribution in [2.24, 2.45) is 0 Å². The van der Waals surface area contributed by atoms with Crippen LogP contribution >= 0.6 is 11.3 Å². The maximum atomic E-state index is 6.36. The number of rotatable bonds is 4. The standard InChI is InChI=1S/C16H25NO2S/c1-3-4-8-17-9-6-16(7-10-17)13-5-11-20-14(13)12-15(18-2)19-16/h5,11,15H,3-4,6-10,12H2,1-2H3. The molecule has 2 aliphatic heterocycles. The highest BCUT2D eigenvalue weighted by molar-refractivity contribution is 7.10. The van der Waals surface area contributed by atoms with E-state index in [0.717, 1.165) is 32.4 Å². The van der Waals surface area contributed by atoms with Crippen molar-refractivity contribution in [1.82, 2.24) is 4.90 Å². The zero-order valence-corrected chi connectivity index (χ0v) is 13.4. The third kappa shape index (κ3) is 2.67. The van der Waals surface area contributed by atoms with Gasteiger partial charge in [-0.15, -0.1) is 11.3 Å². The fourth-order valence-electron chi connectivity index (χ4n) is 3.45. The van der Waals surface area contributed by atoms with Gasteiger partial charge in [-0.2, -0.15) is 0 Å². The molecule has 4 heteroatoms. The van der Waals surface area contributed by atoms with Crippen molar-refractivity contribution in [2.75, 3.05) is 26.7 Å². The summed E-state index contributed by atoms with van der Waals surface area (Å²) in [6.07, 6.45) is 5.62. The zero-order valence-electron chi connectivity index (χ0n) is 12.6. The van der Waals surface area contributed by atoms with Crippen molar-refractivity contribution in [3.05, 3.63) is 21.9 Å². The molecule has 0 N–H and O–H groups in total. The van der Waals surface area contributed by atoms with Crippen molar-refractivity contribution < 1.29 is 9.47 Å². The van der Waals surface area contributed by atoms with Crippen LogP contribution < -0.4 is 0 Å². The van der Waals surface area contributed by atoms with Crippen LogP contribution in [0.4, 0.5) is 0 Å². The molecule has 0 amide bonds. The van der Waals surface area contributed by atoms with E-state index in [0.29, 0.717) is 0 Å². The SMILES string of the molecule is CCCCN1CCC2(CC1)OC(OC)Cc1sccc12. The Bertz CT molecular complexity index is 437. The second-order valence-electron chi connectivity index (χ2n) is 5.93. The fraction of sp³-hybridized carbons (Fsp3) is 0.750. The van der Waals surface area contributed by atoms with Gasteiger partial charge in [0.05, 0.1) is 5.60 Å². The number of hydrogen-bond acceptors (Lipinski definition) is 4. The molecule has 0 aliphatic carbocycles. The average Bonchev–Trinajstić information content (AvgIpc) is 2.96. The van der Waals surface area contributed by atoms with Crippen LogP contribution in [0.1, 0.15) is 43.0 Å². The normalized spacial score (nSPS) is 25.8. The van der Waals surface area contributed by atoms with Crippen molar-refractivity contribution in [3.63, 3.8) is 0 Å². The average molecular weight is 295 g/mol. The summed E-state index contributed by atoms with van der Waals surface area (Å²) in [6.45, 7) is 5.78. The maximum Gasteiger partial charge on any atom is 0.163 e. The molecule has 112 valence electrons. The molecule has 20 heavy (non-hydrogen) atoms. The molecule has 1 atom stereocenters. The van der Waals surface area contributed by atoms with E-state index in [1.807, 2.05) is 11.3 Å². The number of piperidine rings is 1. The molecule has 0 radical (unpaired) electrons. The Labute approximate surface area is 125 Å². The Morgan fingerprint density at radius 2 is 2.25 bits per heavy atom. The summed E-state index contributed by atoms with van der Waals surface area (Å²) >= 11 is 1.85. The van der Waals surface area contributed by atoms with Crippen LogP contribution in [0.3, 0.4) is 0 Å². The van der Waals surface area contributed by atoms with Crippen molar-refractivity contribution >= 4 is 11.3 Å². The third-order valence-electron chi connectivity index (χ3n) is 4.70. The van der Waals surface area contributed by atoms with Gasteiger partial charge in [0.1, 0.15) is 0 Å². The van der Waals surface area contributed by atoms with E-state index < -0.39 is 0 Å². The molecule has 1 aromatic rings. The Kier molecular flexibility index (Phi) is 4.46. The molecule has 1 saturated heterocycles. The van der Waals surface area contributed by atoms with Crippen LogP contribution in [-0.4, -0.2) is 37.9 Å². The molecule has 3 rings (SSSR count). The monoisotopic (exact) mass is 295 g/mol. The second kappa shape index (κ2) is 6.14. The lowest BCUT2D eigenvalue weighted by Crippen LogP contribution is -2.48. The Morgan fingerprint density at radius 3 is 2.95 bits per heavy atom. The van der Waals surface area contributed by atoms with E-state index in [2.05, 4.69) is 23.3 Å². The maximum absolute atomic E-state index is 6.36. The number of unbranched alkanes of at least 4 members (excludes halogenated alkanes) is 1. The first-order valence-corrected chi connectivity index (χ1v) is 8.65.